The van der Waals surface area contributed by atoms with Crippen LogP contribution in [0.25, 0.3) is 16.1 Å². The summed E-state index contributed by atoms with van der Waals surface area (Å²) in [5.74, 6) is -2.96. The van der Waals surface area contributed by atoms with Gasteiger partial charge in [-0.05, 0) is 57.9 Å². The quantitative estimate of drug-likeness (QED) is 0.222. The van der Waals surface area contributed by atoms with Crippen molar-refractivity contribution in [2.45, 2.75) is 6.54 Å². The lowest BCUT2D eigenvalue weighted by Gasteiger charge is -2.07. The Labute approximate surface area is 216 Å². The first kappa shape index (κ1) is 24.9. The number of nitrogens with zero attached hydrogens (tertiary/aromatic N) is 3. The highest BCUT2D eigenvalue weighted by Crippen LogP contribution is 2.46. The van der Waals surface area contributed by atoms with Crippen molar-refractivity contribution in [1.82, 2.24) is 15.0 Å². The van der Waals surface area contributed by atoms with Crippen molar-refractivity contribution in [1.29, 1.82) is 0 Å². The maximum atomic E-state index is 11.7. The molecule has 0 unspecified atom stereocenters. The highest BCUT2D eigenvalue weighted by Gasteiger charge is 2.24. The summed E-state index contributed by atoms with van der Waals surface area (Å²) in [6.07, 6.45) is 1.75. The van der Waals surface area contributed by atoms with Crippen LogP contribution in [0.5, 0.6) is 5.75 Å². The van der Waals surface area contributed by atoms with Gasteiger partial charge in [0.05, 0.1) is 27.8 Å². The molecule has 0 spiro atoms. The number of nitrogens with two attached hydrogens (primary N) is 1. The molecule has 0 fully saturated rings. The topological polar surface area (TPSA) is 170 Å². The summed E-state index contributed by atoms with van der Waals surface area (Å²) in [5.41, 5.74) is 8.50. The third-order valence-electron chi connectivity index (χ3n) is 4.90. The van der Waals surface area contributed by atoms with Crippen LogP contribution >= 0.6 is 27.3 Å². The average molecular weight is 572 g/mol. The largest absolute Gasteiger partial charge is 0.479 e. The molecule has 0 bridgehead atoms. The number of carbonyl (C=O) groups is 3. The molecule has 2 heterocycles. The van der Waals surface area contributed by atoms with Gasteiger partial charge in [0.1, 0.15) is 5.69 Å². The van der Waals surface area contributed by atoms with Crippen LogP contribution in [0.4, 0.5) is 5.69 Å². The van der Waals surface area contributed by atoms with Crippen molar-refractivity contribution in [2.24, 2.45) is 5.73 Å². The van der Waals surface area contributed by atoms with Crippen molar-refractivity contribution < 1.29 is 29.3 Å². The molecule has 2 aromatic heterocycles. The second-order valence-corrected chi connectivity index (χ2v) is 9.20. The Morgan fingerprint density at radius 1 is 1.14 bits per heavy atom. The number of amides is 1. The summed E-state index contributed by atoms with van der Waals surface area (Å²) < 4.78 is 7.16. The molecule has 0 saturated heterocycles. The van der Waals surface area contributed by atoms with Crippen LogP contribution in [0.3, 0.4) is 0 Å². The Morgan fingerprint density at radius 2 is 1.89 bits per heavy atom. The van der Waals surface area contributed by atoms with Crippen LogP contribution in [0.1, 0.15) is 25.7 Å². The third kappa shape index (κ3) is 5.53. The lowest BCUT2D eigenvalue weighted by molar-refractivity contribution is -0.139. The van der Waals surface area contributed by atoms with Crippen molar-refractivity contribution in [3.05, 3.63) is 75.3 Å². The van der Waals surface area contributed by atoms with Gasteiger partial charge in [0.25, 0.3) is 0 Å². The van der Waals surface area contributed by atoms with E-state index in [2.05, 4.69) is 31.6 Å². The number of rotatable bonds is 10. The molecule has 11 nitrogen and oxygen atoms in total. The fraction of sp³-hybridized carbons (Fsp3) is 0.0870. The number of carboxylic acids is 2. The number of carboxylic acid groups (broad SMARTS) is 2. The van der Waals surface area contributed by atoms with E-state index in [0.29, 0.717) is 32.7 Å². The number of aromatic nitrogens is 3. The molecule has 0 radical (unpaired) electrons. The zero-order valence-corrected chi connectivity index (χ0v) is 20.7. The average Bonchev–Trinajstić information content (AvgIpc) is 3.46. The standard InChI is InChI=1S/C23H18BrN5O6S/c24-18-19(35-11-17(30)31)21(23(33)34)36-20(18)13-2-1-3-14(8-13)26-9-15-10-29(28-27-15)16-6-4-12(5-7-16)22(25)32/h1-8,10,26H,9,11H2,(H2,25,32)(H,30,31)(H,33,34). The molecule has 5 N–H and O–H groups in total. The summed E-state index contributed by atoms with van der Waals surface area (Å²) in [5, 5.41) is 29.9. The van der Waals surface area contributed by atoms with Crippen LogP contribution < -0.4 is 15.8 Å². The minimum absolute atomic E-state index is 0.0243. The minimum atomic E-state index is -1.21. The zero-order valence-electron chi connectivity index (χ0n) is 18.3. The molecular weight excluding hydrogens is 554 g/mol. The Balaban J connectivity index is 1.50. The summed E-state index contributed by atoms with van der Waals surface area (Å²) in [4.78, 5) is 34.2. The number of hydrogen-bond donors (Lipinski definition) is 4. The molecule has 0 aliphatic carbocycles. The number of aliphatic carboxylic acids is 1. The number of ether oxygens (including phenoxy) is 1. The smallest absolute Gasteiger partial charge is 0.349 e. The lowest BCUT2D eigenvalue weighted by Crippen LogP contribution is -2.11. The Morgan fingerprint density at radius 3 is 2.56 bits per heavy atom. The van der Waals surface area contributed by atoms with Gasteiger partial charge in [0, 0.05) is 11.3 Å². The molecule has 184 valence electrons. The fourth-order valence-corrected chi connectivity index (χ4v) is 5.12. The Kier molecular flexibility index (Phi) is 7.31. The number of primary amides is 1. The summed E-state index contributed by atoms with van der Waals surface area (Å²) in [6, 6.07) is 13.9. The minimum Gasteiger partial charge on any atom is -0.479 e. The van der Waals surface area contributed by atoms with E-state index in [1.165, 1.54) is 0 Å². The van der Waals surface area contributed by atoms with Crippen LogP contribution in [-0.4, -0.2) is 49.7 Å². The van der Waals surface area contributed by atoms with Crippen molar-refractivity contribution >= 4 is 50.8 Å². The number of nitrogens with one attached hydrogen (secondary N) is 1. The van der Waals surface area contributed by atoms with E-state index in [4.69, 9.17) is 15.6 Å². The SMILES string of the molecule is NC(=O)c1ccc(-n2cc(CNc3cccc(-c4sc(C(=O)O)c(OCC(=O)O)c4Br)c3)nn2)cc1. The van der Waals surface area contributed by atoms with E-state index in [-0.39, 0.29) is 10.6 Å². The van der Waals surface area contributed by atoms with Crippen LogP contribution in [0.15, 0.2) is 59.2 Å². The van der Waals surface area contributed by atoms with Gasteiger partial charge < -0.3 is 26.0 Å². The first-order chi connectivity index (χ1) is 17.2. The van der Waals surface area contributed by atoms with Crippen molar-refractivity contribution in [3.8, 4) is 21.9 Å². The lowest BCUT2D eigenvalue weighted by atomic mass is 10.1. The van der Waals surface area contributed by atoms with Gasteiger partial charge in [-0.25, -0.2) is 14.3 Å². The molecule has 0 atom stereocenters. The number of thiophene rings is 1. The second-order valence-electron chi connectivity index (χ2n) is 7.39. The van der Waals surface area contributed by atoms with E-state index in [1.807, 2.05) is 12.1 Å². The molecule has 0 saturated carbocycles. The number of halogens is 1. The Hall–Kier alpha value is -4.23. The summed E-state index contributed by atoms with van der Waals surface area (Å²) in [7, 11) is 0. The molecule has 1 amide bonds. The van der Waals surface area contributed by atoms with E-state index in [9.17, 15) is 19.5 Å². The van der Waals surface area contributed by atoms with E-state index < -0.39 is 24.5 Å². The molecule has 13 heteroatoms. The van der Waals surface area contributed by atoms with Crippen LogP contribution in [-0.2, 0) is 11.3 Å². The Bertz CT molecular complexity index is 1450. The predicted octanol–water partition coefficient (Wildman–Crippen LogP) is 3.63. The fourth-order valence-electron chi connectivity index (χ4n) is 3.23. The van der Waals surface area contributed by atoms with Gasteiger partial charge >= 0.3 is 11.9 Å². The van der Waals surface area contributed by atoms with Gasteiger partial charge in [-0.3, -0.25) is 4.79 Å². The monoisotopic (exact) mass is 571 g/mol. The number of hydrogen-bond acceptors (Lipinski definition) is 8. The first-order valence-corrected chi connectivity index (χ1v) is 11.9. The maximum absolute atomic E-state index is 11.7. The van der Waals surface area contributed by atoms with Gasteiger partial charge in [-0.2, -0.15) is 0 Å². The predicted molar refractivity (Wildman–Crippen MR) is 135 cm³/mol. The van der Waals surface area contributed by atoms with Gasteiger partial charge in [-0.1, -0.05) is 17.3 Å². The summed E-state index contributed by atoms with van der Waals surface area (Å²) in [6.45, 7) is -0.297. The maximum Gasteiger partial charge on any atom is 0.349 e. The second kappa shape index (κ2) is 10.6. The van der Waals surface area contributed by atoms with Crippen LogP contribution in [0.2, 0.25) is 0 Å². The number of aromatic carboxylic acids is 1. The van der Waals surface area contributed by atoms with Gasteiger partial charge in [0.15, 0.2) is 17.2 Å². The highest BCUT2D eigenvalue weighted by atomic mass is 79.9. The summed E-state index contributed by atoms with van der Waals surface area (Å²) >= 11 is 4.34. The molecular formula is C23H18BrN5O6S. The molecule has 4 aromatic rings. The number of benzene rings is 2. The molecule has 4 rings (SSSR count). The molecule has 36 heavy (non-hydrogen) atoms. The highest BCUT2D eigenvalue weighted by molar-refractivity contribution is 9.10. The number of carbonyl (C=O) groups excluding carboxylic acids is 1. The molecule has 0 aliphatic rings. The zero-order chi connectivity index (χ0) is 25.8. The van der Waals surface area contributed by atoms with E-state index in [0.717, 1.165) is 22.7 Å². The van der Waals surface area contributed by atoms with Gasteiger partial charge in [0.2, 0.25) is 5.91 Å². The van der Waals surface area contributed by atoms with E-state index in [1.54, 1.807) is 47.3 Å². The van der Waals surface area contributed by atoms with Crippen molar-refractivity contribution in [3.63, 3.8) is 0 Å². The first-order valence-electron chi connectivity index (χ1n) is 10.3. The normalized spacial score (nSPS) is 10.7. The van der Waals surface area contributed by atoms with Gasteiger partial charge in [-0.15, -0.1) is 16.4 Å². The van der Waals surface area contributed by atoms with Crippen LogP contribution in [0, 0.1) is 0 Å². The molecule has 0 aliphatic heterocycles. The van der Waals surface area contributed by atoms with E-state index >= 15 is 0 Å². The molecule has 2 aromatic carbocycles. The third-order valence-corrected chi connectivity index (χ3v) is 7.13. The van der Waals surface area contributed by atoms with Crippen molar-refractivity contribution in [2.75, 3.05) is 11.9 Å². The number of anilines is 1.